The number of nitrogens with one attached hydrogen (secondary N) is 2. The van der Waals surface area contributed by atoms with E-state index < -0.39 is 11.8 Å². The minimum absolute atomic E-state index is 0.312. The van der Waals surface area contributed by atoms with Crippen LogP contribution in [0.1, 0.15) is 17.3 Å². The second kappa shape index (κ2) is 8.13. The zero-order chi connectivity index (χ0) is 19.2. The van der Waals surface area contributed by atoms with Gasteiger partial charge in [-0.25, -0.2) is 4.68 Å². The molecule has 27 heavy (non-hydrogen) atoms. The smallest absolute Gasteiger partial charge is 0.275 e. The highest BCUT2D eigenvalue weighted by molar-refractivity contribution is 5.95. The maximum Gasteiger partial charge on any atom is 0.275 e. The van der Waals surface area contributed by atoms with Gasteiger partial charge in [-0.2, -0.15) is 5.10 Å². The van der Waals surface area contributed by atoms with Crippen molar-refractivity contribution in [2.75, 3.05) is 6.61 Å². The molecule has 0 bridgehead atoms. The van der Waals surface area contributed by atoms with E-state index in [1.165, 1.54) is 6.20 Å². The molecule has 2 amide bonds. The van der Waals surface area contributed by atoms with Crippen molar-refractivity contribution < 1.29 is 14.3 Å². The monoisotopic (exact) mass is 366 g/mol. The summed E-state index contributed by atoms with van der Waals surface area (Å²) >= 11 is 0. The minimum Gasteiger partial charge on any atom is -0.494 e. The maximum absolute atomic E-state index is 12.3. The standard InChI is InChI=1S/C19H18N4O4/c1-2-27-15-9-7-13(8-10-15)18(25)22-21-17(24)12-23-19(26)16-6-4-3-5-14(16)11-20-23/h3-11H,2,12H2,1H3,(H,21,24)(H,22,25). The summed E-state index contributed by atoms with van der Waals surface area (Å²) in [6.45, 7) is 2.09. The van der Waals surface area contributed by atoms with Gasteiger partial charge in [0, 0.05) is 10.9 Å². The normalized spacial score (nSPS) is 10.4. The number of hydrazine groups is 1. The van der Waals surface area contributed by atoms with Crippen LogP contribution in [0.25, 0.3) is 10.8 Å². The Labute approximate surface area is 154 Å². The molecule has 0 aliphatic heterocycles. The fraction of sp³-hybridized carbons (Fsp3) is 0.158. The van der Waals surface area contributed by atoms with Crippen LogP contribution in [-0.4, -0.2) is 28.2 Å². The summed E-state index contributed by atoms with van der Waals surface area (Å²) in [6, 6.07) is 13.5. The third kappa shape index (κ3) is 4.30. The number of aromatic nitrogens is 2. The molecule has 8 heteroatoms. The van der Waals surface area contributed by atoms with E-state index in [0.29, 0.717) is 28.7 Å². The highest BCUT2D eigenvalue weighted by Crippen LogP contribution is 2.11. The van der Waals surface area contributed by atoms with Gasteiger partial charge in [-0.3, -0.25) is 25.2 Å². The van der Waals surface area contributed by atoms with Gasteiger partial charge in [-0.05, 0) is 37.3 Å². The molecule has 0 saturated heterocycles. The number of hydrogen-bond acceptors (Lipinski definition) is 5. The molecule has 1 heterocycles. The van der Waals surface area contributed by atoms with Gasteiger partial charge >= 0.3 is 0 Å². The molecule has 0 aliphatic carbocycles. The number of amides is 2. The third-order valence-electron chi connectivity index (χ3n) is 3.80. The van der Waals surface area contributed by atoms with Gasteiger partial charge in [0.05, 0.1) is 18.2 Å². The molecular weight excluding hydrogens is 348 g/mol. The molecule has 3 rings (SSSR count). The van der Waals surface area contributed by atoms with Gasteiger partial charge in [0.25, 0.3) is 17.4 Å². The molecule has 0 unspecified atom stereocenters. The van der Waals surface area contributed by atoms with Gasteiger partial charge in [-0.1, -0.05) is 18.2 Å². The number of fused-ring (bicyclic) bond motifs is 1. The molecule has 2 aromatic carbocycles. The summed E-state index contributed by atoms with van der Waals surface area (Å²) in [6.07, 6.45) is 1.52. The second-order valence-corrected chi connectivity index (χ2v) is 5.65. The van der Waals surface area contributed by atoms with Crippen LogP contribution in [-0.2, 0) is 11.3 Å². The SMILES string of the molecule is CCOc1ccc(C(=O)NNC(=O)Cn2ncc3ccccc3c2=O)cc1. The molecular formula is C19H18N4O4. The first-order chi connectivity index (χ1) is 13.1. The lowest BCUT2D eigenvalue weighted by Gasteiger charge is -2.09. The zero-order valence-corrected chi connectivity index (χ0v) is 14.6. The van der Waals surface area contributed by atoms with Crippen LogP contribution in [0.4, 0.5) is 0 Å². The molecule has 1 aromatic heterocycles. The maximum atomic E-state index is 12.3. The lowest BCUT2D eigenvalue weighted by molar-refractivity contribution is -0.122. The highest BCUT2D eigenvalue weighted by atomic mass is 16.5. The lowest BCUT2D eigenvalue weighted by Crippen LogP contribution is -2.44. The van der Waals surface area contributed by atoms with E-state index in [-0.39, 0.29) is 12.1 Å². The summed E-state index contributed by atoms with van der Waals surface area (Å²) in [5, 5.41) is 5.14. The molecule has 0 saturated carbocycles. The molecule has 0 radical (unpaired) electrons. The fourth-order valence-corrected chi connectivity index (χ4v) is 2.48. The van der Waals surface area contributed by atoms with E-state index in [2.05, 4.69) is 16.0 Å². The number of rotatable bonds is 5. The first kappa shape index (κ1) is 18.1. The number of carbonyl (C=O) groups is 2. The van der Waals surface area contributed by atoms with Crippen molar-refractivity contribution in [1.82, 2.24) is 20.6 Å². The summed E-state index contributed by atoms with van der Waals surface area (Å²) < 4.78 is 6.35. The topological polar surface area (TPSA) is 102 Å². The van der Waals surface area contributed by atoms with E-state index >= 15 is 0 Å². The average Bonchev–Trinajstić information content (AvgIpc) is 2.69. The Hall–Kier alpha value is -3.68. The number of hydrogen-bond donors (Lipinski definition) is 2. The van der Waals surface area contributed by atoms with E-state index in [9.17, 15) is 14.4 Å². The highest BCUT2D eigenvalue weighted by Gasteiger charge is 2.10. The van der Waals surface area contributed by atoms with E-state index in [1.54, 1.807) is 48.5 Å². The Balaban J connectivity index is 1.60. The molecule has 138 valence electrons. The van der Waals surface area contributed by atoms with Gasteiger partial charge in [0.2, 0.25) is 0 Å². The molecule has 2 N–H and O–H groups in total. The molecule has 8 nitrogen and oxygen atoms in total. The molecule has 0 fully saturated rings. The predicted octanol–water partition coefficient (Wildman–Crippen LogP) is 1.26. The van der Waals surface area contributed by atoms with Crippen LogP contribution >= 0.6 is 0 Å². The van der Waals surface area contributed by atoms with Gasteiger partial charge < -0.3 is 4.74 Å². The zero-order valence-electron chi connectivity index (χ0n) is 14.6. The Bertz CT molecular complexity index is 1030. The van der Waals surface area contributed by atoms with E-state index in [4.69, 9.17) is 4.74 Å². The van der Waals surface area contributed by atoms with Gasteiger partial charge in [-0.15, -0.1) is 0 Å². The number of carbonyl (C=O) groups excluding carboxylic acids is 2. The number of ether oxygens (including phenoxy) is 1. The summed E-state index contributed by atoms with van der Waals surface area (Å²) in [7, 11) is 0. The van der Waals surface area contributed by atoms with Gasteiger partial charge in [0.1, 0.15) is 12.3 Å². The van der Waals surface area contributed by atoms with E-state index in [0.717, 1.165) is 4.68 Å². The van der Waals surface area contributed by atoms with Crippen molar-refractivity contribution in [1.29, 1.82) is 0 Å². The van der Waals surface area contributed by atoms with Crippen LogP contribution in [0.5, 0.6) is 5.75 Å². The Kier molecular flexibility index (Phi) is 5.46. The van der Waals surface area contributed by atoms with Crippen LogP contribution in [0.15, 0.2) is 59.5 Å². The summed E-state index contributed by atoms with van der Waals surface area (Å²) in [4.78, 5) is 36.4. The van der Waals surface area contributed by atoms with E-state index in [1.807, 2.05) is 6.92 Å². The number of benzene rings is 2. The lowest BCUT2D eigenvalue weighted by atomic mass is 10.2. The molecule has 3 aromatic rings. The van der Waals surface area contributed by atoms with Crippen molar-refractivity contribution in [3.63, 3.8) is 0 Å². The van der Waals surface area contributed by atoms with Crippen molar-refractivity contribution in [3.8, 4) is 5.75 Å². The average molecular weight is 366 g/mol. The second-order valence-electron chi connectivity index (χ2n) is 5.65. The number of nitrogens with zero attached hydrogens (tertiary/aromatic N) is 2. The Morgan fingerprint density at radius 2 is 1.81 bits per heavy atom. The molecule has 0 spiro atoms. The summed E-state index contributed by atoms with van der Waals surface area (Å²) in [5.41, 5.74) is 4.57. The van der Waals surface area contributed by atoms with Crippen molar-refractivity contribution in [2.45, 2.75) is 13.5 Å². The molecule has 0 aliphatic rings. The van der Waals surface area contributed by atoms with Gasteiger partial charge in [0.15, 0.2) is 0 Å². The van der Waals surface area contributed by atoms with Crippen LogP contribution in [0.3, 0.4) is 0 Å². The first-order valence-electron chi connectivity index (χ1n) is 8.35. The first-order valence-corrected chi connectivity index (χ1v) is 8.35. The largest absolute Gasteiger partial charge is 0.494 e. The van der Waals surface area contributed by atoms with Crippen molar-refractivity contribution >= 4 is 22.6 Å². The van der Waals surface area contributed by atoms with Crippen molar-refractivity contribution in [3.05, 3.63) is 70.6 Å². The minimum atomic E-state index is -0.570. The fourth-order valence-electron chi connectivity index (χ4n) is 2.48. The predicted molar refractivity (Wildman–Crippen MR) is 99.2 cm³/mol. The Morgan fingerprint density at radius 3 is 2.56 bits per heavy atom. The van der Waals surface area contributed by atoms with Crippen LogP contribution < -0.4 is 21.1 Å². The molecule has 0 atom stereocenters. The Morgan fingerprint density at radius 1 is 1.07 bits per heavy atom. The van der Waals surface area contributed by atoms with Crippen LogP contribution in [0.2, 0.25) is 0 Å². The third-order valence-corrected chi connectivity index (χ3v) is 3.80. The summed E-state index contributed by atoms with van der Waals surface area (Å²) in [5.74, 6) is -0.399. The van der Waals surface area contributed by atoms with Crippen LogP contribution in [0, 0.1) is 0 Å². The van der Waals surface area contributed by atoms with Crippen molar-refractivity contribution in [2.24, 2.45) is 0 Å². The quantitative estimate of drug-likeness (QED) is 0.662.